The van der Waals surface area contributed by atoms with Crippen LogP contribution in [0.1, 0.15) is 393 Å². The zero-order chi connectivity index (χ0) is 58.5. The molecule has 0 amide bonds. The van der Waals surface area contributed by atoms with Gasteiger partial charge in [-0.3, -0.25) is 14.4 Å². The zero-order valence-electron chi connectivity index (χ0n) is 54.6. The Morgan fingerprint density at radius 1 is 0.247 bits per heavy atom. The second kappa shape index (κ2) is 69.9. The van der Waals surface area contributed by atoms with Crippen LogP contribution in [0.5, 0.6) is 0 Å². The fourth-order valence-electron chi connectivity index (χ4n) is 10.9. The van der Waals surface area contributed by atoms with Crippen LogP contribution in [0.25, 0.3) is 0 Å². The van der Waals surface area contributed by atoms with Crippen molar-refractivity contribution in [2.24, 2.45) is 0 Å². The van der Waals surface area contributed by atoms with Crippen LogP contribution in [-0.2, 0) is 28.6 Å². The van der Waals surface area contributed by atoms with E-state index in [1.165, 1.54) is 283 Å². The molecule has 0 bridgehead atoms. The molecule has 0 spiro atoms. The van der Waals surface area contributed by atoms with Gasteiger partial charge in [0, 0.05) is 19.3 Å². The number of hydrogen-bond acceptors (Lipinski definition) is 6. The van der Waals surface area contributed by atoms with E-state index in [1.54, 1.807) is 0 Å². The third-order valence-electron chi connectivity index (χ3n) is 16.3. The Morgan fingerprint density at radius 2 is 0.444 bits per heavy atom. The monoisotopic (exact) mass is 1140 g/mol. The zero-order valence-corrected chi connectivity index (χ0v) is 54.6. The molecule has 0 fully saturated rings. The van der Waals surface area contributed by atoms with Crippen LogP contribution < -0.4 is 0 Å². The minimum Gasteiger partial charge on any atom is -0.462 e. The van der Waals surface area contributed by atoms with Gasteiger partial charge in [0.25, 0.3) is 0 Å². The lowest BCUT2D eigenvalue weighted by Gasteiger charge is -2.18. The minimum atomic E-state index is -0.774. The van der Waals surface area contributed by atoms with E-state index in [2.05, 4.69) is 69.4 Å². The first kappa shape index (κ1) is 78.4. The molecule has 0 saturated carbocycles. The molecule has 0 aromatic carbocycles. The third kappa shape index (κ3) is 68.0. The summed E-state index contributed by atoms with van der Waals surface area (Å²) in [6, 6.07) is 0. The van der Waals surface area contributed by atoms with Crippen LogP contribution in [0.15, 0.2) is 48.6 Å². The molecule has 1 unspecified atom stereocenters. The van der Waals surface area contributed by atoms with Gasteiger partial charge in [0.2, 0.25) is 0 Å². The molecule has 474 valence electrons. The molecule has 6 nitrogen and oxygen atoms in total. The van der Waals surface area contributed by atoms with Crippen molar-refractivity contribution >= 4 is 17.9 Å². The summed E-state index contributed by atoms with van der Waals surface area (Å²) in [7, 11) is 0. The molecule has 0 radical (unpaired) electrons. The molecule has 0 aromatic heterocycles. The summed E-state index contributed by atoms with van der Waals surface area (Å²) in [5.41, 5.74) is 0. The number of carbonyl (C=O) groups excluding carboxylic acids is 3. The molecule has 0 aliphatic heterocycles. The third-order valence-corrected chi connectivity index (χ3v) is 16.3. The largest absolute Gasteiger partial charge is 0.462 e. The smallest absolute Gasteiger partial charge is 0.306 e. The van der Waals surface area contributed by atoms with E-state index in [0.29, 0.717) is 19.3 Å². The lowest BCUT2D eigenvalue weighted by Crippen LogP contribution is -2.30. The highest BCUT2D eigenvalue weighted by molar-refractivity contribution is 5.71. The van der Waals surface area contributed by atoms with E-state index >= 15 is 0 Å². The molecule has 0 aliphatic rings. The van der Waals surface area contributed by atoms with E-state index in [-0.39, 0.29) is 31.1 Å². The van der Waals surface area contributed by atoms with Gasteiger partial charge in [0.1, 0.15) is 13.2 Å². The Morgan fingerprint density at radius 3 is 0.679 bits per heavy atom. The van der Waals surface area contributed by atoms with Crippen LogP contribution in [0.3, 0.4) is 0 Å². The van der Waals surface area contributed by atoms with Crippen LogP contribution in [0.2, 0.25) is 0 Å². The molecule has 6 heteroatoms. The number of allylic oxidation sites excluding steroid dienone is 8. The van der Waals surface area contributed by atoms with Crippen molar-refractivity contribution in [2.75, 3.05) is 13.2 Å². The molecule has 0 aliphatic carbocycles. The number of rotatable bonds is 67. The normalized spacial score (nSPS) is 12.3. The standard InChI is InChI=1S/C75H138O6/c1-4-7-10-13-16-19-22-25-28-30-32-34-36-37-39-40-42-44-47-50-53-56-59-62-65-68-74(77)80-71-72(70-79-73(76)67-64-61-58-55-52-49-46-27-24-21-18-15-12-9-6-3)81-75(78)69-66-63-60-57-54-51-48-45-43-41-38-35-33-31-29-26-23-20-17-14-11-8-5-2/h22-23,25-26,30-33,72H,4-21,24,27-29,34-71H2,1-3H3/b25-22-,26-23-,32-30-,33-31-. The van der Waals surface area contributed by atoms with Gasteiger partial charge in [-0.1, -0.05) is 339 Å². The van der Waals surface area contributed by atoms with Gasteiger partial charge < -0.3 is 14.2 Å². The van der Waals surface area contributed by atoms with Crippen LogP contribution in [0, 0.1) is 0 Å². The van der Waals surface area contributed by atoms with Crippen molar-refractivity contribution in [1.29, 1.82) is 0 Å². The van der Waals surface area contributed by atoms with Crippen LogP contribution in [-0.4, -0.2) is 37.2 Å². The minimum absolute atomic E-state index is 0.0689. The predicted octanol–water partition coefficient (Wildman–Crippen LogP) is 24.9. The van der Waals surface area contributed by atoms with Crippen molar-refractivity contribution in [2.45, 2.75) is 399 Å². The predicted molar refractivity (Wildman–Crippen MR) is 353 cm³/mol. The van der Waals surface area contributed by atoms with Crippen molar-refractivity contribution in [3.05, 3.63) is 48.6 Å². The molecule has 0 aromatic rings. The average molecular weight is 1140 g/mol. The highest BCUT2D eigenvalue weighted by atomic mass is 16.6. The van der Waals surface area contributed by atoms with Gasteiger partial charge in [0.05, 0.1) is 0 Å². The molecule has 0 rings (SSSR count). The lowest BCUT2D eigenvalue weighted by atomic mass is 10.0. The quantitative estimate of drug-likeness (QED) is 0.0261. The fraction of sp³-hybridized carbons (Fsp3) is 0.853. The van der Waals surface area contributed by atoms with Crippen molar-refractivity contribution in [3.8, 4) is 0 Å². The first-order valence-electron chi connectivity index (χ1n) is 36.1. The first-order chi connectivity index (χ1) is 40.0. The summed E-state index contributed by atoms with van der Waals surface area (Å²) in [5, 5.41) is 0. The molecular formula is C75H138O6. The van der Waals surface area contributed by atoms with Gasteiger partial charge >= 0.3 is 17.9 Å². The Bertz CT molecular complexity index is 1400. The Kier molecular flexibility index (Phi) is 67.6. The second-order valence-corrected chi connectivity index (χ2v) is 24.5. The van der Waals surface area contributed by atoms with E-state index in [1.807, 2.05) is 0 Å². The van der Waals surface area contributed by atoms with Crippen molar-refractivity contribution in [3.63, 3.8) is 0 Å². The van der Waals surface area contributed by atoms with E-state index in [4.69, 9.17) is 14.2 Å². The number of unbranched alkanes of at least 4 members (excludes halogenated alkanes) is 48. The maximum Gasteiger partial charge on any atom is 0.306 e. The summed E-state index contributed by atoms with van der Waals surface area (Å²) < 4.78 is 17.0. The maximum atomic E-state index is 13.0. The number of hydrogen-bond donors (Lipinski definition) is 0. The summed E-state index contributed by atoms with van der Waals surface area (Å²) in [5.74, 6) is -0.843. The maximum absolute atomic E-state index is 13.0. The van der Waals surface area contributed by atoms with Crippen LogP contribution >= 0.6 is 0 Å². The molecule has 0 heterocycles. The molecule has 1 atom stereocenters. The molecule has 0 N–H and O–H groups in total. The number of ether oxygens (including phenoxy) is 3. The van der Waals surface area contributed by atoms with Gasteiger partial charge in [-0.2, -0.15) is 0 Å². The molecule has 81 heavy (non-hydrogen) atoms. The number of esters is 3. The highest BCUT2D eigenvalue weighted by Gasteiger charge is 2.19. The van der Waals surface area contributed by atoms with Crippen molar-refractivity contribution < 1.29 is 28.6 Å². The highest BCUT2D eigenvalue weighted by Crippen LogP contribution is 2.18. The summed E-state index contributed by atoms with van der Waals surface area (Å²) in [6.45, 7) is 6.69. The summed E-state index contributed by atoms with van der Waals surface area (Å²) in [4.78, 5) is 38.5. The molecular weight excluding hydrogens is 997 g/mol. The first-order valence-corrected chi connectivity index (χ1v) is 36.1. The lowest BCUT2D eigenvalue weighted by molar-refractivity contribution is -0.167. The van der Waals surface area contributed by atoms with E-state index in [9.17, 15) is 14.4 Å². The summed E-state index contributed by atoms with van der Waals surface area (Å²) in [6.07, 6.45) is 88.5. The van der Waals surface area contributed by atoms with E-state index < -0.39 is 6.10 Å². The Balaban J connectivity index is 4.28. The van der Waals surface area contributed by atoms with Crippen LogP contribution in [0.4, 0.5) is 0 Å². The number of carbonyl (C=O) groups is 3. The van der Waals surface area contributed by atoms with Gasteiger partial charge in [-0.05, 0) is 83.5 Å². The SMILES string of the molecule is CCCCCCC/C=C\C/C=C\CCCCCCCCCCCCCCCC(=O)OCC(COC(=O)CCCCCCCCCCCCCCCCC)OC(=O)CCCCCCCCCCCCC/C=C\C/C=C\CCCCCCC. The van der Waals surface area contributed by atoms with Gasteiger partial charge in [0.15, 0.2) is 6.10 Å². The van der Waals surface area contributed by atoms with Gasteiger partial charge in [-0.25, -0.2) is 0 Å². The van der Waals surface area contributed by atoms with Crippen molar-refractivity contribution in [1.82, 2.24) is 0 Å². The Hall–Kier alpha value is -2.63. The fourth-order valence-corrected chi connectivity index (χ4v) is 10.9. The average Bonchev–Trinajstić information content (AvgIpc) is 3.47. The topological polar surface area (TPSA) is 78.9 Å². The summed E-state index contributed by atoms with van der Waals surface area (Å²) >= 11 is 0. The van der Waals surface area contributed by atoms with Gasteiger partial charge in [-0.15, -0.1) is 0 Å². The second-order valence-electron chi connectivity index (χ2n) is 24.5. The molecule has 0 saturated heterocycles. The Labute approximate surface area is 505 Å². The van der Waals surface area contributed by atoms with E-state index in [0.717, 1.165) is 70.6 Å².